The van der Waals surface area contributed by atoms with Gasteiger partial charge in [-0.1, -0.05) is 18.2 Å². The van der Waals surface area contributed by atoms with Gasteiger partial charge in [0.25, 0.3) is 5.56 Å². The predicted octanol–water partition coefficient (Wildman–Crippen LogP) is 3.84. The molecule has 0 aliphatic carbocycles. The number of aromatic nitrogens is 5. The molecule has 2 aliphatic rings. The van der Waals surface area contributed by atoms with E-state index in [0.717, 1.165) is 67.7 Å². The van der Waals surface area contributed by atoms with Crippen molar-refractivity contribution in [2.45, 2.75) is 59.2 Å². The van der Waals surface area contributed by atoms with Crippen LogP contribution in [0.1, 0.15) is 52.5 Å². The highest BCUT2D eigenvalue weighted by atomic mass is 16.5. The summed E-state index contributed by atoms with van der Waals surface area (Å²) < 4.78 is 7.75. The lowest BCUT2D eigenvalue weighted by Crippen LogP contribution is -2.49. The van der Waals surface area contributed by atoms with E-state index in [9.17, 15) is 4.79 Å². The van der Waals surface area contributed by atoms with Gasteiger partial charge in [-0.3, -0.25) is 9.69 Å². The SMILES string of the molecule is Cc1cc(C)c2cc([C@H](c3nnnn3C[C@H]3CCCO3)N3CCN(c4cccc(C)c4C)CC3)c(=O)[nH]c2c1. The highest BCUT2D eigenvalue weighted by Gasteiger charge is 2.34. The minimum absolute atomic E-state index is 0.0918. The Morgan fingerprint density at radius 3 is 2.64 bits per heavy atom. The molecule has 0 spiro atoms. The third-order valence-electron chi connectivity index (χ3n) is 8.44. The summed E-state index contributed by atoms with van der Waals surface area (Å²) in [6, 6.07) is 12.4. The monoisotopic (exact) mass is 527 g/mol. The maximum absolute atomic E-state index is 13.7. The molecule has 2 fully saturated rings. The lowest BCUT2D eigenvalue weighted by Gasteiger charge is -2.40. The number of piperazine rings is 1. The molecule has 2 atom stereocenters. The van der Waals surface area contributed by atoms with Gasteiger partial charge in [0.1, 0.15) is 6.04 Å². The molecule has 2 saturated heterocycles. The summed E-state index contributed by atoms with van der Waals surface area (Å²) in [4.78, 5) is 21.6. The largest absolute Gasteiger partial charge is 0.376 e. The van der Waals surface area contributed by atoms with Gasteiger partial charge >= 0.3 is 0 Å². The van der Waals surface area contributed by atoms with Crippen molar-refractivity contribution in [3.8, 4) is 0 Å². The fourth-order valence-electron chi connectivity index (χ4n) is 6.21. The standard InChI is InChI=1S/C30H37N7O2/c1-19-15-21(3)24-17-25(30(38)31-26(24)16-19)28(29-32-33-34-37(29)18-23-8-6-14-39-23)36-12-10-35(11-13-36)27-9-5-7-20(2)22(27)4/h5,7,9,15-17,23,28H,6,8,10-14,18H2,1-4H3,(H,31,38)/t23-,28-/m1/s1. The van der Waals surface area contributed by atoms with Crippen LogP contribution in [0.5, 0.6) is 0 Å². The van der Waals surface area contributed by atoms with Crippen LogP contribution < -0.4 is 10.5 Å². The van der Waals surface area contributed by atoms with Gasteiger partial charge in [0.2, 0.25) is 0 Å². The first kappa shape index (κ1) is 25.7. The van der Waals surface area contributed by atoms with Gasteiger partial charge in [0.05, 0.1) is 12.6 Å². The number of nitrogens with zero attached hydrogens (tertiary/aromatic N) is 6. The molecule has 2 aromatic carbocycles. The van der Waals surface area contributed by atoms with E-state index in [1.165, 1.54) is 16.8 Å². The fraction of sp³-hybridized carbons (Fsp3) is 0.467. The van der Waals surface area contributed by atoms with Gasteiger partial charge in [0, 0.05) is 54.9 Å². The summed E-state index contributed by atoms with van der Waals surface area (Å²) >= 11 is 0. The molecule has 9 nitrogen and oxygen atoms in total. The Morgan fingerprint density at radius 1 is 1.05 bits per heavy atom. The zero-order chi connectivity index (χ0) is 27.1. The maximum atomic E-state index is 13.7. The molecule has 0 bridgehead atoms. The number of benzene rings is 2. The van der Waals surface area contributed by atoms with Gasteiger partial charge in [-0.05, 0) is 91.4 Å². The number of rotatable bonds is 6. The summed E-state index contributed by atoms with van der Waals surface area (Å²) in [5.74, 6) is 0.695. The Kier molecular flexibility index (Phi) is 6.95. The molecule has 0 unspecified atom stereocenters. The van der Waals surface area contributed by atoms with E-state index in [2.05, 4.69) is 88.3 Å². The number of nitrogens with one attached hydrogen (secondary N) is 1. The van der Waals surface area contributed by atoms with E-state index >= 15 is 0 Å². The molecule has 9 heteroatoms. The predicted molar refractivity (Wildman–Crippen MR) is 152 cm³/mol. The number of fused-ring (bicyclic) bond motifs is 1. The highest BCUT2D eigenvalue weighted by Crippen LogP contribution is 2.31. The van der Waals surface area contributed by atoms with Crippen LogP contribution in [0.15, 0.2) is 41.2 Å². The summed E-state index contributed by atoms with van der Waals surface area (Å²) in [5, 5.41) is 14.0. The second-order valence-electron chi connectivity index (χ2n) is 11.1. The van der Waals surface area contributed by atoms with E-state index in [-0.39, 0.29) is 17.7 Å². The Morgan fingerprint density at radius 2 is 1.87 bits per heavy atom. The number of aryl methyl sites for hydroxylation is 3. The molecule has 2 aromatic heterocycles. The Hall–Kier alpha value is -3.56. The van der Waals surface area contributed by atoms with Crippen molar-refractivity contribution in [1.82, 2.24) is 30.1 Å². The summed E-state index contributed by atoms with van der Waals surface area (Å²) in [5.41, 5.74) is 7.61. The lowest BCUT2D eigenvalue weighted by molar-refractivity contribution is 0.0906. The molecule has 0 saturated carbocycles. The highest BCUT2D eigenvalue weighted by molar-refractivity contribution is 5.83. The molecule has 0 amide bonds. The molecule has 6 rings (SSSR count). The summed E-state index contributed by atoms with van der Waals surface area (Å²) in [7, 11) is 0. The lowest BCUT2D eigenvalue weighted by atomic mass is 9.99. The molecule has 204 valence electrons. The average Bonchev–Trinajstić information content (AvgIpc) is 3.60. The second kappa shape index (κ2) is 10.5. The Bertz CT molecular complexity index is 1540. The molecular formula is C30H37N7O2. The fourth-order valence-corrected chi connectivity index (χ4v) is 6.21. The smallest absolute Gasteiger partial charge is 0.253 e. The van der Waals surface area contributed by atoms with Crippen molar-refractivity contribution in [1.29, 1.82) is 0 Å². The third kappa shape index (κ3) is 4.96. The average molecular weight is 528 g/mol. The van der Waals surface area contributed by atoms with Gasteiger partial charge in [0.15, 0.2) is 5.82 Å². The number of hydrogen-bond donors (Lipinski definition) is 1. The van der Waals surface area contributed by atoms with Crippen molar-refractivity contribution in [2.24, 2.45) is 0 Å². The van der Waals surface area contributed by atoms with E-state index < -0.39 is 0 Å². The first-order chi connectivity index (χ1) is 18.9. The third-order valence-corrected chi connectivity index (χ3v) is 8.44. The van der Waals surface area contributed by atoms with E-state index in [1.54, 1.807) is 0 Å². The minimum atomic E-state index is -0.365. The van der Waals surface area contributed by atoms with Crippen LogP contribution in [0.2, 0.25) is 0 Å². The molecule has 2 aliphatic heterocycles. The van der Waals surface area contributed by atoms with E-state index in [0.29, 0.717) is 17.9 Å². The first-order valence-corrected chi connectivity index (χ1v) is 14.0. The second-order valence-corrected chi connectivity index (χ2v) is 11.1. The topological polar surface area (TPSA) is 92.2 Å². The van der Waals surface area contributed by atoms with Crippen LogP contribution in [0.25, 0.3) is 10.9 Å². The number of pyridine rings is 1. The van der Waals surface area contributed by atoms with Gasteiger partial charge in [-0.2, -0.15) is 0 Å². The number of H-pyrrole nitrogens is 1. The van der Waals surface area contributed by atoms with Crippen LogP contribution >= 0.6 is 0 Å². The molecule has 4 heterocycles. The molecule has 0 radical (unpaired) electrons. The van der Waals surface area contributed by atoms with Crippen LogP contribution in [0, 0.1) is 27.7 Å². The number of anilines is 1. The number of hydrogen-bond acceptors (Lipinski definition) is 7. The van der Waals surface area contributed by atoms with Crippen molar-refractivity contribution in [3.05, 3.63) is 80.4 Å². The number of aromatic amines is 1. The van der Waals surface area contributed by atoms with Crippen LogP contribution in [0.4, 0.5) is 5.69 Å². The normalized spacial score (nSPS) is 19.2. The van der Waals surface area contributed by atoms with E-state index in [1.807, 2.05) is 10.7 Å². The molecule has 4 aromatic rings. The molecule has 1 N–H and O–H groups in total. The first-order valence-electron chi connectivity index (χ1n) is 14.0. The van der Waals surface area contributed by atoms with Crippen molar-refractivity contribution in [2.75, 3.05) is 37.7 Å². The van der Waals surface area contributed by atoms with Crippen LogP contribution in [-0.4, -0.2) is 69.0 Å². The van der Waals surface area contributed by atoms with E-state index in [4.69, 9.17) is 4.74 Å². The van der Waals surface area contributed by atoms with Crippen LogP contribution in [0.3, 0.4) is 0 Å². The zero-order valence-corrected chi connectivity index (χ0v) is 23.3. The number of ether oxygens (including phenoxy) is 1. The quantitative estimate of drug-likeness (QED) is 0.407. The van der Waals surface area contributed by atoms with Crippen LogP contribution in [-0.2, 0) is 11.3 Å². The summed E-state index contributed by atoms with van der Waals surface area (Å²) in [6.45, 7) is 13.2. The van der Waals surface area contributed by atoms with Crippen molar-refractivity contribution in [3.63, 3.8) is 0 Å². The number of tetrazole rings is 1. The van der Waals surface area contributed by atoms with Gasteiger partial charge in [-0.25, -0.2) is 4.68 Å². The molecule has 39 heavy (non-hydrogen) atoms. The Labute approximate surface area is 228 Å². The van der Waals surface area contributed by atoms with Crippen molar-refractivity contribution < 1.29 is 4.74 Å². The van der Waals surface area contributed by atoms with Gasteiger partial charge in [-0.15, -0.1) is 5.10 Å². The zero-order valence-electron chi connectivity index (χ0n) is 23.3. The van der Waals surface area contributed by atoms with Gasteiger partial charge < -0.3 is 14.6 Å². The molecular weight excluding hydrogens is 490 g/mol. The van der Waals surface area contributed by atoms with Crippen molar-refractivity contribution >= 4 is 16.6 Å². The minimum Gasteiger partial charge on any atom is -0.376 e. The maximum Gasteiger partial charge on any atom is 0.253 e. The Balaban J connectivity index is 1.38. The summed E-state index contributed by atoms with van der Waals surface area (Å²) in [6.07, 6.45) is 2.14.